The Bertz CT molecular complexity index is 796. The normalized spacial score (nSPS) is 14.6. The maximum Gasteiger partial charge on any atom is 0.224 e. The molecular weight excluding hydrogens is 362 g/mol. The van der Waals surface area contributed by atoms with Gasteiger partial charge in [0.1, 0.15) is 0 Å². The molecule has 0 spiro atoms. The monoisotopic (exact) mass is 393 g/mol. The number of nitrogens with zero attached hydrogens (tertiary/aromatic N) is 3. The van der Waals surface area contributed by atoms with Crippen LogP contribution in [0, 0.1) is 0 Å². The molecule has 0 aliphatic carbocycles. The average molecular weight is 394 g/mol. The predicted octanol–water partition coefficient (Wildman–Crippen LogP) is 3.32. The van der Waals surface area contributed by atoms with E-state index >= 15 is 0 Å². The standard InChI is InChI=1S/C23H31N5O/c1-3-7-22(29)26-20-12-10-19(11-13-20)18-25-23(24-2)28-16-14-27(15-17-28)21-8-5-4-6-9-21/h4-6,8-13H,3,7,14-18H2,1-2H3,(H,24,25)(H,26,29). The zero-order valence-corrected chi connectivity index (χ0v) is 17.4. The highest BCUT2D eigenvalue weighted by atomic mass is 16.1. The predicted molar refractivity (Wildman–Crippen MR) is 120 cm³/mol. The second-order valence-electron chi connectivity index (χ2n) is 7.21. The number of aliphatic imine (C=N–C) groups is 1. The van der Waals surface area contributed by atoms with Crippen LogP contribution in [-0.2, 0) is 11.3 Å². The molecule has 1 saturated heterocycles. The molecule has 3 rings (SSSR count). The van der Waals surface area contributed by atoms with Gasteiger partial charge < -0.3 is 20.4 Å². The van der Waals surface area contributed by atoms with Crippen molar-refractivity contribution in [2.75, 3.05) is 43.4 Å². The lowest BCUT2D eigenvalue weighted by molar-refractivity contribution is -0.116. The van der Waals surface area contributed by atoms with E-state index in [-0.39, 0.29) is 5.91 Å². The van der Waals surface area contributed by atoms with Gasteiger partial charge in [0.2, 0.25) is 5.91 Å². The quantitative estimate of drug-likeness (QED) is 0.584. The molecule has 1 aliphatic heterocycles. The van der Waals surface area contributed by atoms with Gasteiger partial charge in [-0.3, -0.25) is 9.79 Å². The summed E-state index contributed by atoms with van der Waals surface area (Å²) in [4.78, 5) is 20.9. The SMILES string of the molecule is CCCC(=O)Nc1ccc(CNC(=NC)N2CCN(c3ccccc3)CC2)cc1. The lowest BCUT2D eigenvalue weighted by Gasteiger charge is -2.37. The van der Waals surface area contributed by atoms with E-state index in [1.807, 2.05) is 38.2 Å². The van der Waals surface area contributed by atoms with Gasteiger partial charge in [0.25, 0.3) is 0 Å². The number of carbonyl (C=O) groups is 1. The van der Waals surface area contributed by atoms with E-state index in [9.17, 15) is 4.79 Å². The summed E-state index contributed by atoms with van der Waals surface area (Å²) in [6, 6.07) is 18.5. The lowest BCUT2D eigenvalue weighted by Crippen LogP contribution is -2.52. The summed E-state index contributed by atoms with van der Waals surface area (Å²) < 4.78 is 0. The van der Waals surface area contributed by atoms with Crippen LogP contribution in [0.15, 0.2) is 59.6 Å². The minimum Gasteiger partial charge on any atom is -0.368 e. The third-order valence-electron chi connectivity index (χ3n) is 5.08. The number of hydrogen-bond acceptors (Lipinski definition) is 3. The molecule has 0 bridgehead atoms. The zero-order valence-electron chi connectivity index (χ0n) is 17.4. The Morgan fingerprint density at radius 2 is 1.69 bits per heavy atom. The molecule has 0 radical (unpaired) electrons. The number of nitrogens with one attached hydrogen (secondary N) is 2. The fourth-order valence-corrected chi connectivity index (χ4v) is 3.49. The molecule has 1 heterocycles. The molecule has 2 aromatic carbocycles. The lowest BCUT2D eigenvalue weighted by atomic mass is 10.2. The van der Waals surface area contributed by atoms with Crippen LogP contribution in [0.3, 0.4) is 0 Å². The molecule has 0 unspecified atom stereocenters. The summed E-state index contributed by atoms with van der Waals surface area (Å²) in [5.74, 6) is 0.992. The Balaban J connectivity index is 1.48. The van der Waals surface area contributed by atoms with Crippen LogP contribution in [0.4, 0.5) is 11.4 Å². The summed E-state index contributed by atoms with van der Waals surface area (Å²) in [6.45, 7) is 6.55. The third-order valence-corrected chi connectivity index (χ3v) is 5.08. The summed E-state index contributed by atoms with van der Waals surface area (Å²) in [5, 5.41) is 6.38. The van der Waals surface area contributed by atoms with Gasteiger partial charge in [-0.05, 0) is 36.2 Å². The Morgan fingerprint density at radius 3 is 2.31 bits per heavy atom. The van der Waals surface area contributed by atoms with Gasteiger partial charge in [-0.15, -0.1) is 0 Å². The summed E-state index contributed by atoms with van der Waals surface area (Å²) in [5.41, 5.74) is 3.28. The fraction of sp³-hybridized carbons (Fsp3) is 0.391. The van der Waals surface area contributed by atoms with Gasteiger partial charge in [-0.1, -0.05) is 37.3 Å². The van der Waals surface area contributed by atoms with Crippen molar-refractivity contribution in [3.8, 4) is 0 Å². The van der Waals surface area contributed by atoms with Crippen molar-refractivity contribution in [3.63, 3.8) is 0 Å². The highest BCUT2D eigenvalue weighted by Gasteiger charge is 2.19. The van der Waals surface area contributed by atoms with Crippen molar-refractivity contribution in [2.45, 2.75) is 26.3 Å². The minimum absolute atomic E-state index is 0.0634. The van der Waals surface area contributed by atoms with Crippen molar-refractivity contribution in [1.29, 1.82) is 0 Å². The Hall–Kier alpha value is -3.02. The first kappa shape index (κ1) is 20.7. The highest BCUT2D eigenvalue weighted by Crippen LogP contribution is 2.16. The molecular formula is C23H31N5O. The second-order valence-corrected chi connectivity index (χ2v) is 7.21. The summed E-state index contributed by atoms with van der Waals surface area (Å²) in [6.07, 6.45) is 1.41. The van der Waals surface area contributed by atoms with E-state index in [0.29, 0.717) is 13.0 Å². The number of hydrogen-bond donors (Lipinski definition) is 2. The molecule has 1 amide bonds. The van der Waals surface area contributed by atoms with Gasteiger partial charge in [0.15, 0.2) is 5.96 Å². The molecule has 6 heteroatoms. The molecule has 1 fully saturated rings. The maximum absolute atomic E-state index is 11.7. The number of piperazine rings is 1. The second kappa shape index (κ2) is 10.5. The number of para-hydroxylation sites is 1. The van der Waals surface area contributed by atoms with Crippen LogP contribution in [0.5, 0.6) is 0 Å². The van der Waals surface area contributed by atoms with E-state index < -0.39 is 0 Å². The summed E-state index contributed by atoms with van der Waals surface area (Å²) >= 11 is 0. The van der Waals surface area contributed by atoms with Crippen LogP contribution < -0.4 is 15.5 Å². The van der Waals surface area contributed by atoms with Crippen LogP contribution in [-0.4, -0.2) is 50.0 Å². The molecule has 0 aromatic heterocycles. The minimum atomic E-state index is 0.0634. The number of benzene rings is 2. The number of anilines is 2. The van der Waals surface area contributed by atoms with Crippen LogP contribution in [0.1, 0.15) is 25.3 Å². The number of rotatable bonds is 6. The molecule has 0 saturated carbocycles. The molecule has 2 aromatic rings. The van der Waals surface area contributed by atoms with Gasteiger partial charge in [-0.25, -0.2) is 0 Å². The van der Waals surface area contributed by atoms with Crippen molar-refractivity contribution in [2.24, 2.45) is 4.99 Å². The topological polar surface area (TPSA) is 60.0 Å². The molecule has 154 valence electrons. The van der Waals surface area contributed by atoms with Gasteiger partial charge in [0.05, 0.1) is 0 Å². The molecule has 0 atom stereocenters. The largest absolute Gasteiger partial charge is 0.368 e. The van der Waals surface area contributed by atoms with E-state index in [1.165, 1.54) is 5.69 Å². The molecule has 2 N–H and O–H groups in total. The van der Waals surface area contributed by atoms with Gasteiger partial charge in [-0.2, -0.15) is 0 Å². The van der Waals surface area contributed by atoms with Crippen LogP contribution >= 0.6 is 0 Å². The van der Waals surface area contributed by atoms with Crippen molar-refractivity contribution < 1.29 is 4.79 Å². The third kappa shape index (κ3) is 5.98. The van der Waals surface area contributed by atoms with E-state index in [1.54, 1.807) is 0 Å². The fourth-order valence-electron chi connectivity index (χ4n) is 3.49. The van der Waals surface area contributed by atoms with Crippen molar-refractivity contribution in [1.82, 2.24) is 10.2 Å². The average Bonchev–Trinajstić information content (AvgIpc) is 2.76. The Kier molecular flexibility index (Phi) is 7.50. The summed E-state index contributed by atoms with van der Waals surface area (Å²) in [7, 11) is 1.83. The maximum atomic E-state index is 11.7. The smallest absolute Gasteiger partial charge is 0.224 e. The van der Waals surface area contributed by atoms with E-state index in [4.69, 9.17) is 0 Å². The Morgan fingerprint density at radius 1 is 1.00 bits per heavy atom. The van der Waals surface area contributed by atoms with Gasteiger partial charge >= 0.3 is 0 Å². The van der Waals surface area contributed by atoms with Crippen molar-refractivity contribution in [3.05, 3.63) is 60.2 Å². The van der Waals surface area contributed by atoms with Crippen molar-refractivity contribution >= 4 is 23.2 Å². The first-order valence-electron chi connectivity index (χ1n) is 10.3. The molecule has 29 heavy (non-hydrogen) atoms. The first-order chi connectivity index (χ1) is 14.2. The highest BCUT2D eigenvalue weighted by molar-refractivity contribution is 5.90. The van der Waals surface area contributed by atoms with E-state index in [2.05, 4.69) is 55.8 Å². The number of amides is 1. The van der Waals surface area contributed by atoms with E-state index in [0.717, 1.165) is 49.8 Å². The number of carbonyl (C=O) groups excluding carboxylic acids is 1. The van der Waals surface area contributed by atoms with Crippen LogP contribution in [0.2, 0.25) is 0 Å². The first-order valence-corrected chi connectivity index (χ1v) is 10.3. The zero-order chi connectivity index (χ0) is 20.5. The van der Waals surface area contributed by atoms with Gasteiger partial charge in [0, 0.05) is 57.6 Å². The molecule has 6 nitrogen and oxygen atoms in total. The Labute approximate surface area is 173 Å². The van der Waals surface area contributed by atoms with Crippen LogP contribution in [0.25, 0.3) is 0 Å². The number of guanidine groups is 1. The molecule has 1 aliphatic rings.